The van der Waals surface area contributed by atoms with Crippen LogP contribution in [-0.4, -0.2) is 48.9 Å². The standard InChI is InChI=1S/C26H24N2O6/c1-16-11-12-21(33-2)20(14-16)27-22(29)15-34-23(30)10-5-13-28-25(31)18-8-3-6-17-7-4-9-19(24(17)18)26(28)32/h3-4,6-9,11-12,14H,5,10,13,15H2,1-2H3,(H,27,29). The topological polar surface area (TPSA) is 102 Å². The quantitative estimate of drug-likeness (QED) is 0.406. The molecular formula is C26H24N2O6. The van der Waals surface area contributed by atoms with Crippen molar-refractivity contribution < 1.29 is 28.7 Å². The van der Waals surface area contributed by atoms with Crippen LogP contribution in [-0.2, 0) is 14.3 Å². The van der Waals surface area contributed by atoms with E-state index >= 15 is 0 Å². The van der Waals surface area contributed by atoms with Crippen LogP contribution in [0.3, 0.4) is 0 Å². The van der Waals surface area contributed by atoms with Crippen LogP contribution in [0.25, 0.3) is 10.8 Å². The van der Waals surface area contributed by atoms with Crippen molar-refractivity contribution in [3.05, 3.63) is 71.3 Å². The number of hydrogen-bond donors (Lipinski definition) is 1. The lowest BCUT2D eigenvalue weighted by Gasteiger charge is -2.27. The van der Waals surface area contributed by atoms with Crippen LogP contribution < -0.4 is 10.1 Å². The Morgan fingerprint density at radius 2 is 1.65 bits per heavy atom. The molecule has 0 radical (unpaired) electrons. The zero-order valence-corrected chi connectivity index (χ0v) is 18.9. The van der Waals surface area contributed by atoms with E-state index in [1.54, 1.807) is 36.4 Å². The SMILES string of the molecule is COc1ccc(C)cc1NC(=O)COC(=O)CCCN1C(=O)c2cccc3cccc(c23)C1=O. The van der Waals surface area contributed by atoms with Gasteiger partial charge in [-0.2, -0.15) is 0 Å². The second-order valence-electron chi connectivity index (χ2n) is 7.99. The zero-order chi connectivity index (χ0) is 24.2. The smallest absolute Gasteiger partial charge is 0.306 e. The molecule has 8 heteroatoms. The minimum atomic E-state index is -0.592. The number of methoxy groups -OCH3 is 1. The summed E-state index contributed by atoms with van der Waals surface area (Å²) in [5.41, 5.74) is 2.37. The van der Waals surface area contributed by atoms with E-state index in [0.29, 0.717) is 28.0 Å². The number of aryl methyl sites for hydroxylation is 1. The van der Waals surface area contributed by atoms with E-state index in [9.17, 15) is 19.2 Å². The third kappa shape index (κ3) is 4.61. The Labute approximate surface area is 196 Å². The van der Waals surface area contributed by atoms with Gasteiger partial charge in [0.1, 0.15) is 5.75 Å². The second kappa shape index (κ2) is 9.74. The van der Waals surface area contributed by atoms with Crippen LogP contribution in [0.2, 0.25) is 0 Å². The number of carbonyl (C=O) groups excluding carboxylic acids is 4. The van der Waals surface area contributed by atoms with Gasteiger partial charge in [-0.1, -0.05) is 30.3 Å². The maximum atomic E-state index is 12.9. The van der Waals surface area contributed by atoms with Gasteiger partial charge in [-0.05, 0) is 48.6 Å². The number of imide groups is 1. The molecule has 0 aromatic heterocycles. The Hall–Kier alpha value is -4.20. The predicted octanol–water partition coefficient (Wildman–Crippen LogP) is 3.71. The van der Waals surface area contributed by atoms with Gasteiger partial charge in [-0.3, -0.25) is 24.1 Å². The first-order valence-electron chi connectivity index (χ1n) is 10.9. The van der Waals surface area contributed by atoms with Gasteiger partial charge in [0.15, 0.2) is 6.61 Å². The van der Waals surface area contributed by atoms with E-state index in [1.807, 2.05) is 25.1 Å². The molecule has 1 N–H and O–H groups in total. The molecule has 34 heavy (non-hydrogen) atoms. The summed E-state index contributed by atoms with van der Waals surface area (Å²) in [6.45, 7) is 1.50. The number of carbonyl (C=O) groups is 4. The Morgan fingerprint density at radius 1 is 0.971 bits per heavy atom. The van der Waals surface area contributed by atoms with E-state index in [2.05, 4.69) is 5.32 Å². The lowest BCUT2D eigenvalue weighted by molar-refractivity contribution is -0.147. The monoisotopic (exact) mass is 460 g/mol. The summed E-state index contributed by atoms with van der Waals surface area (Å²) in [6, 6.07) is 16.0. The molecule has 0 saturated carbocycles. The largest absolute Gasteiger partial charge is 0.495 e. The molecule has 0 bridgehead atoms. The number of nitrogens with zero attached hydrogens (tertiary/aromatic N) is 1. The molecule has 174 valence electrons. The van der Waals surface area contributed by atoms with Crippen LogP contribution in [0.15, 0.2) is 54.6 Å². The minimum Gasteiger partial charge on any atom is -0.495 e. The number of hydrogen-bond acceptors (Lipinski definition) is 6. The molecule has 3 aromatic rings. The van der Waals surface area contributed by atoms with Gasteiger partial charge >= 0.3 is 5.97 Å². The van der Waals surface area contributed by atoms with Crippen molar-refractivity contribution in [2.24, 2.45) is 0 Å². The zero-order valence-electron chi connectivity index (χ0n) is 18.9. The van der Waals surface area contributed by atoms with Crippen molar-refractivity contribution in [3.8, 4) is 5.75 Å². The molecule has 1 aliphatic heterocycles. The fourth-order valence-corrected chi connectivity index (χ4v) is 3.99. The Morgan fingerprint density at radius 3 is 2.29 bits per heavy atom. The summed E-state index contributed by atoms with van der Waals surface area (Å²) >= 11 is 0. The first-order chi connectivity index (χ1) is 16.4. The molecule has 0 atom stereocenters. The minimum absolute atomic E-state index is 0.0377. The Bertz CT molecular complexity index is 1250. The van der Waals surface area contributed by atoms with Crippen molar-refractivity contribution in [1.29, 1.82) is 0 Å². The number of anilines is 1. The van der Waals surface area contributed by atoms with E-state index in [-0.39, 0.29) is 31.2 Å². The first-order valence-corrected chi connectivity index (χ1v) is 10.9. The predicted molar refractivity (Wildman–Crippen MR) is 126 cm³/mol. The lowest BCUT2D eigenvalue weighted by Crippen LogP contribution is -2.41. The number of amides is 3. The number of rotatable bonds is 8. The van der Waals surface area contributed by atoms with E-state index < -0.39 is 18.5 Å². The molecule has 0 aliphatic carbocycles. The molecule has 0 unspecified atom stereocenters. The molecule has 3 amide bonds. The average molecular weight is 460 g/mol. The summed E-state index contributed by atoms with van der Waals surface area (Å²) in [5, 5.41) is 4.15. The maximum absolute atomic E-state index is 12.9. The van der Waals surface area contributed by atoms with Gasteiger partial charge in [0.2, 0.25) is 0 Å². The molecule has 0 saturated heterocycles. The highest BCUT2D eigenvalue weighted by molar-refractivity contribution is 6.25. The van der Waals surface area contributed by atoms with Crippen molar-refractivity contribution in [2.75, 3.05) is 25.6 Å². The molecule has 1 aliphatic rings. The average Bonchev–Trinajstić information content (AvgIpc) is 2.83. The molecule has 3 aromatic carbocycles. The number of ether oxygens (including phenoxy) is 2. The maximum Gasteiger partial charge on any atom is 0.306 e. The van der Waals surface area contributed by atoms with Crippen LogP contribution in [0.1, 0.15) is 39.1 Å². The van der Waals surface area contributed by atoms with Gasteiger partial charge in [-0.25, -0.2) is 0 Å². The van der Waals surface area contributed by atoms with Gasteiger partial charge < -0.3 is 14.8 Å². The van der Waals surface area contributed by atoms with Gasteiger partial charge in [-0.15, -0.1) is 0 Å². The third-order valence-electron chi connectivity index (χ3n) is 5.61. The summed E-state index contributed by atoms with van der Waals surface area (Å²) in [7, 11) is 1.50. The third-order valence-corrected chi connectivity index (χ3v) is 5.61. The molecule has 8 nitrogen and oxygen atoms in total. The highest BCUT2D eigenvalue weighted by Gasteiger charge is 2.32. The molecule has 1 heterocycles. The van der Waals surface area contributed by atoms with Crippen molar-refractivity contribution in [3.63, 3.8) is 0 Å². The molecule has 0 spiro atoms. The van der Waals surface area contributed by atoms with Crippen molar-refractivity contribution in [1.82, 2.24) is 4.90 Å². The second-order valence-corrected chi connectivity index (χ2v) is 7.99. The van der Waals surface area contributed by atoms with Crippen LogP contribution in [0, 0.1) is 6.92 Å². The number of nitrogens with one attached hydrogen (secondary N) is 1. The van der Waals surface area contributed by atoms with Crippen LogP contribution in [0.5, 0.6) is 5.75 Å². The fourth-order valence-electron chi connectivity index (χ4n) is 3.99. The lowest BCUT2D eigenvalue weighted by atomic mass is 9.94. The molecular weight excluding hydrogens is 436 g/mol. The summed E-state index contributed by atoms with van der Waals surface area (Å²) in [4.78, 5) is 51.2. The highest BCUT2D eigenvalue weighted by Crippen LogP contribution is 2.30. The summed E-state index contributed by atoms with van der Waals surface area (Å²) in [5.74, 6) is -1.35. The first kappa shape index (κ1) is 23.0. The molecule has 4 rings (SSSR count). The van der Waals surface area contributed by atoms with Crippen LogP contribution >= 0.6 is 0 Å². The van der Waals surface area contributed by atoms with Crippen molar-refractivity contribution in [2.45, 2.75) is 19.8 Å². The van der Waals surface area contributed by atoms with E-state index in [1.165, 1.54) is 7.11 Å². The van der Waals surface area contributed by atoms with Crippen LogP contribution in [0.4, 0.5) is 5.69 Å². The van der Waals surface area contributed by atoms with Gasteiger partial charge in [0.25, 0.3) is 17.7 Å². The fraction of sp³-hybridized carbons (Fsp3) is 0.231. The van der Waals surface area contributed by atoms with Gasteiger partial charge in [0.05, 0.1) is 12.8 Å². The number of esters is 1. The summed E-state index contributed by atoms with van der Waals surface area (Å²) in [6.07, 6.45) is 0.186. The Kier molecular flexibility index (Phi) is 6.58. The molecule has 0 fully saturated rings. The Balaban J connectivity index is 1.29. The van der Waals surface area contributed by atoms with Crippen molar-refractivity contribution >= 4 is 40.2 Å². The summed E-state index contributed by atoms with van der Waals surface area (Å²) < 4.78 is 10.3. The highest BCUT2D eigenvalue weighted by atomic mass is 16.5. The normalized spacial score (nSPS) is 12.6. The van der Waals surface area contributed by atoms with E-state index in [4.69, 9.17) is 9.47 Å². The number of benzene rings is 3. The van der Waals surface area contributed by atoms with E-state index in [0.717, 1.165) is 15.8 Å². The van der Waals surface area contributed by atoms with Gasteiger partial charge in [0, 0.05) is 29.5 Å².